The zero-order chi connectivity index (χ0) is 19.8. The summed E-state index contributed by atoms with van der Waals surface area (Å²) in [6.07, 6.45) is 0. The van der Waals surface area contributed by atoms with Crippen LogP contribution in [0.5, 0.6) is 5.75 Å². The molecule has 0 radical (unpaired) electrons. The maximum Gasteiger partial charge on any atom is 0.387 e. The lowest BCUT2D eigenvalue weighted by Gasteiger charge is -2.10. The summed E-state index contributed by atoms with van der Waals surface area (Å²) >= 11 is 0. The highest BCUT2D eigenvalue weighted by molar-refractivity contribution is 5.99. The average Bonchev–Trinajstić information content (AvgIpc) is 2.64. The van der Waals surface area contributed by atoms with Crippen molar-refractivity contribution in [1.82, 2.24) is 5.32 Å². The number of halogens is 3. The molecule has 0 aliphatic carbocycles. The first-order chi connectivity index (χ1) is 12.9. The molecule has 27 heavy (non-hydrogen) atoms. The standard InChI is InChI=1S/C18H14F3NO5/c19-12-7-5-11(6-8-12)14(23)10-26-16(24)9-22-17(25)13-3-1-2-4-15(13)27-18(20)21/h1-8,18H,9-10H2,(H,22,25). The Kier molecular flexibility index (Phi) is 6.93. The first-order valence-electron chi connectivity index (χ1n) is 7.63. The molecule has 0 aliphatic heterocycles. The van der Waals surface area contributed by atoms with E-state index in [1.165, 1.54) is 36.4 Å². The molecule has 1 N–H and O–H groups in total. The minimum atomic E-state index is -3.11. The number of rotatable bonds is 8. The molecule has 2 rings (SSSR count). The van der Waals surface area contributed by atoms with E-state index in [1.807, 2.05) is 0 Å². The number of benzene rings is 2. The third-order valence-electron chi connectivity index (χ3n) is 3.27. The predicted octanol–water partition coefficient (Wildman–Crippen LogP) is 2.58. The Labute approximate surface area is 151 Å². The van der Waals surface area contributed by atoms with Crippen LogP contribution in [0.4, 0.5) is 13.2 Å². The Balaban J connectivity index is 1.84. The summed E-state index contributed by atoms with van der Waals surface area (Å²) in [6.45, 7) is -4.29. The van der Waals surface area contributed by atoms with Crippen molar-refractivity contribution in [3.63, 3.8) is 0 Å². The first kappa shape index (κ1) is 20.0. The van der Waals surface area contributed by atoms with Crippen molar-refractivity contribution in [3.05, 3.63) is 65.5 Å². The van der Waals surface area contributed by atoms with Gasteiger partial charge >= 0.3 is 12.6 Å². The van der Waals surface area contributed by atoms with E-state index in [1.54, 1.807) is 0 Å². The predicted molar refractivity (Wildman–Crippen MR) is 87.1 cm³/mol. The lowest BCUT2D eigenvalue weighted by molar-refractivity contribution is -0.141. The molecule has 0 saturated carbocycles. The number of Topliss-reactive ketones (excluding diaryl/α,β-unsaturated/α-hetero) is 1. The summed E-state index contributed by atoms with van der Waals surface area (Å²) in [5.41, 5.74) is -0.0284. The van der Waals surface area contributed by atoms with E-state index in [4.69, 9.17) is 4.74 Å². The molecule has 0 heterocycles. The molecule has 0 unspecified atom stereocenters. The molecular weight excluding hydrogens is 367 g/mol. The number of para-hydroxylation sites is 1. The van der Waals surface area contributed by atoms with Crippen LogP contribution < -0.4 is 10.1 Å². The molecule has 6 nitrogen and oxygen atoms in total. The van der Waals surface area contributed by atoms with E-state index in [0.717, 1.165) is 12.1 Å². The van der Waals surface area contributed by atoms with Gasteiger partial charge in [0.15, 0.2) is 12.4 Å². The Morgan fingerprint density at radius 2 is 1.67 bits per heavy atom. The van der Waals surface area contributed by atoms with E-state index in [0.29, 0.717) is 0 Å². The molecule has 0 aliphatic rings. The Hall–Kier alpha value is -3.36. The molecule has 0 fully saturated rings. The second-order valence-corrected chi connectivity index (χ2v) is 5.15. The maximum atomic E-state index is 12.8. The van der Waals surface area contributed by atoms with Gasteiger partial charge in [0.2, 0.25) is 0 Å². The smallest absolute Gasteiger partial charge is 0.387 e. The van der Waals surface area contributed by atoms with Crippen LogP contribution in [0, 0.1) is 5.82 Å². The number of nitrogens with one attached hydrogen (secondary N) is 1. The number of carbonyl (C=O) groups excluding carboxylic acids is 3. The Bertz CT molecular complexity index is 824. The largest absolute Gasteiger partial charge is 0.456 e. The number of hydrogen-bond donors (Lipinski definition) is 1. The molecule has 0 saturated heterocycles. The molecule has 142 valence electrons. The molecule has 2 aromatic rings. The molecule has 0 atom stereocenters. The summed E-state index contributed by atoms with van der Waals surface area (Å²) in [6, 6.07) is 9.94. The van der Waals surface area contributed by atoms with Crippen molar-refractivity contribution in [2.75, 3.05) is 13.2 Å². The van der Waals surface area contributed by atoms with Crippen LogP contribution in [-0.2, 0) is 9.53 Å². The van der Waals surface area contributed by atoms with Gasteiger partial charge in [-0.15, -0.1) is 0 Å². The SMILES string of the molecule is O=C(CNC(=O)c1ccccc1OC(F)F)OCC(=O)c1ccc(F)cc1. The second-order valence-electron chi connectivity index (χ2n) is 5.15. The molecule has 9 heteroatoms. The van der Waals surface area contributed by atoms with Crippen LogP contribution in [0.2, 0.25) is 0 Å². The second kappa shape index (κ2) is 9.37. The van der Waals surface area contributed by atoms with Gasteiger partial charge in [0.25, 0.3) is 5.91 Å². The van der Waals surface area contributed by atoms with Crippen molar-refractivity contribution in [1.29, 1.82) is 0 Å². The van der Waals surface area contributed by atoms with Gasteiger partial charge in [-0.25, -0.2) is 4.39 Å². The fourth-order valence-corrected chi connectivity index (χ4v) is 2.02. The molecular formula is C18H14F3NO5. The third-order valence-corrected chi connectivity index (χ3v) is 3.27. The summed E-state index contributed by atoms with van der Waals surface area (Å²) in [4.78, 5) is 35.4. The van der Waals surface area contributed by atoms with Crippen LogP contribution in [0.15, 0.2) is 48.5 Å². The summed E-state index contributed by atoms with van der Waals surface area (Å²) in [7, 11) is 0. The quantitative estimate of drug-likeness (QED) is 0.562. The topological polar surface area (TPSA) is 81.7 Å². The zero-order valence-electron chi connectivity index (χ0n) is 13.8. The van der Waals surface area contributed by atoms with Crippen molar-refractivity contribution in [3.8, 4) is 5.75 Å². The number of ether oxygens (including phenoxy) is 2. The summed E-state index contributed by atoms with van der Waals surface area (Å²) in [5, 5.41) is 2.18. The number of ketones is 1. The van der Waals surface area contributed by atoms with Gasteiger partial charge in [0.05, 0.1) is 5.56 Å². The maximum absolute atomic E-state index is 12.8. The van der Waals surface area contributed by atoms with Crippen LogP contribution in [-0.4, -0.2) is 37.4 Å². The van der Waals surface area contributed by atoms with Gasteiger partial charge in [-0.2, -0.15) is 8.78 Å². The van der Waals surface area contributed by atoms with Crippen molar-refractivity contribution < 1.29 is 37.0 Å². The highest BCUT2D eigenvalue weighted by atomic mass is 19.3. The number of hydrogen-bond acceptors (Lipinski definition) is 5. The van der Waals surface area contributed by atoms with Crippen LogP contribution in [0.1, 0.15) is 20.7 Å². The van der Waals surface area contributed by atoms with E-state index in [2.05, 4.69) is 10.1 Å². The third kappa shape index (κ3) is 6.14. The highest BCUT2D eigenvalue weighted by Crippen LogP contribution is 2.19. The highest BCUT2D eigenvalue weighted by Gasteiger charge is 2.17. The van der Waals surface area contributed by atoms with Gasteiger partial charge < -0.3 is 14.8 Å². The van der Waals surface area contributed by atoms with Crippen LogP contribution in [0.25, 0.3) is 0 Å². The van der Waals surface area contributed by atoms with Crippen molar-refractivity contribution in [2.24, 2.45) is 0 Å². The summed E-state index contributed by atoms with van der Waals surface area (Å²) < 4.78 is 46.4. The van der Waals surface area contributed by atoms with E-state index in [-0.39, 0.29) is 16.9 Å². The number of alkyl halides is 2. The van der Waals surface area contributed by atoms with Crippen molar-refractivity contribution in [2.45, 2.75) is 6.61 Å². The van der Waals surface area contributed by atoms with Crippen molar-refractivity contribution >= 4 is 17.7 Å². The number of carbonyl (C=O) groups is 3. The minimum absolute atomic E-state index is 0.159. The fourth-order valence-electron chi connectivity index (χ4n) is 2.02. The van der Waals surface area contributed by atoms with Gasteiger partial charge in [0, 0.05) is 5.56 Å². The van der Waals surface area contributed by atoms with Gasteiger partial charge in [-0.3, -0.25) is 14.4 Å². The fraction of sp³-hybridized carbons (Fsp3) is 0.167. The molecule has 0 spiro atoms. The molecule has 2 aromatic carbocycles. The number of amides is 1. The van der Waals surface area contributed by atoms with E-state index >= 15 is 0 Å². The molecule has 0 aromatic heterocycles. The lowest BCUT2D eigenvalue weighted by atomic mass is 10.1. The van der Waals surface area contributed by atoms with Crippen LogP contribution >= 0.6 is 0 Å². The van der Waals surface area contributed by atoms with Gasteiger partial charge in [0.1, 0.15) is 18.1 Å². The van der Waals surface area contributed by atoms with Crippen LogP contribution in [0.3, 0.4) is 0 Å². The van der Waals surface area contributed by atoms with E-state index in [9.17, 15) is 27.6 Å². The number of esters is 1. The molecule has 1 amide bonds. The minimum Gasteiger partial charge on any atom is -0.456 e. The lowest BCUT2D eigenvalue weighted by Crippen LogP contribution is -2.31. The normalized spacial score (nSPS) is 10.4. The zero-order valence-corrected chi connectivity index (χ0v) is 13.8. The van der Waals surface area contributed by atoms with E-state index < -0.39 is 43.2 Å². The summed E-state index contributed by atoms with van der Waals surface area (Å²) in [5.74, 6) is -3.14. The Morgan fingerprint density at radius 1 is 1.00 bits per heavy atom. The monoisotopic (exact) mass is 381 g/mol. The molecule has 0 bridgehead atoms. The average molecular weight is 381 g/mol. The van der Waals surface area contributed by atoms with Gasteiger partial charge in [-0.05, 0) is 36.4 Å². The first-order valence-corrected chi connectivity index (χ1v) is 7.63. The Morgan fingerprint density at radius 3 is 2.33 bits per heavy atom. The van der Waals surface area contributed by atoms with Gasteiger partial charge in [-0.1, -0.05) is 12.1 Å².